The number of carbonyl (C=O) groups is 1. The number of hydrogen-bond donors (Lipinski definition) is 1. The van der Waals surface area contributed by atoms with Crippen LogP contribution in [0.15, 0.2) is 24.3 Å². The lowest BCUT2D eigenvalue weighted by atomic mass is 10.2. The van der Waals surface area contributed by atoms with Crippen LogP contribution in [0.3, 0.4) is 0 Å². The maximum Gasteiger partial charge on any atom is 0.241 e. The molecule has 0 fully saturated rings. The fourth-order valence-electron chi connectivity index (χ4n) is 1.67. The fraction of sp³-hybridized carbons (Fsp3) is 0.364. The molecule has 1 aromatic rings. The van der Waals surface area contributed by atoms with E-state index in [0.29, 0.717) is 17.1 Å². The van der Waals surface area contributed by atoms with E-state index in [1.165, 1.54) is 12.1 Å². The molecule has 0 aliphatic rings. The first-order chi connectivity index (χ1) is 8.27. The number of halogens is 1. The van der Waals surface area contributed by atoms with Crippen LogP contribution in [0.25, 0.3) is 0 Å². The average Bonchev–Trinajstić information content (AvgIpc) is 2.25. The summed E-state index contributed by atoms with van der Waals surface area (Å²) >= 11 is 5.75. The molecular formula is C11H15ClN2O3S. The number of carbonyl (C=O) groups excluding carboxylic acids is 1. The number of nitrogens with two attached hydrogens (primary N) is 1. The number of anilines is 1. The third-order valence-corrected chi connectivity index (χ3v) is 3.87. The zero-order valence-electron chi connectivity index (χ0n) is 10.1. The molecule has 1 amide bonds. The van der Waals surface area contributed by atoms with E-state index in [9.17, 15) is 13.2 Å². The minimum Gasteiger partial charge on any atom is -0.368 e. The van der Waals surface area contributed by atoms with Gasteiger partial charge in [-0.1, -0.05) is 18.5 Å². The van der Waals surface area contributed by atoms with Crippen molar-refractivity contribution in [2.24, 2.45) is 5.73 Å². The van der Waals surface area contributed by atoms with E-state index in [1.807, 2.05) is 0 Å². The normalized spacial score (nSPS) is 13.1. The van der Waals surface area contributed by atoms with Gasteiger partial charge in [0.25, 0.3) is 0 Å². The molecule has 0 aliphatic heterocycles. The van der Waals surface area contributed by atoms with Gasteiger partial charge in [0.15, 0.2) is 0 Å². The van der Waals surface area contributed by atoms with E-state index in [4.69, 9.17) is 17.3 Å². The van der Waals surface area contributed by atoms with Crippen molar-refractivity contribution >= 4 is 33.2 Å². The van der Waals surface area contributed by atoms with Crippen LogP contribution in [-0.2, 0) is 14.8 Å². The SMILES string of the molecule is CC[C@H](C(N)=O)N(c1ccc(Cl)cc1)S(C)(=O)=O. The molecular weight excluding hydrogens is 276 g/mol. The lowest BCUT2D eigenvalue weighted by Gasteiger charge is -2.28. The van der Waals surface area contributed by atoms with Crippen LogP contribution in [0.5, 0.6) is 0 Å². The first-order valence-corrected chi connectivity index (χ1v) is 7.54. The highest BCUT2D eigenvalue weighted by atomic mass is 35.5. The molecule has 1 atom stereocenters. The van der Waals surface area contributed by atoms with Crippen molar-refractivity contribution in [1.82, 2.24) is 0 Å². The number of benzene rings is 1. The Kier molecular flexibility index (Phi) is 4.59. The van der Waals surface area contributed by atoms with Crippen LogP contribution < -0.4 is 10.0 Å². The monoisotopic (exact) mass is 290 g/mol. The molecule has 0 saturated carbocycles. The molecule has 0 heterocycles. The van der Waals surface area contributed by atoms with Gasteiger partial charge >= 0.3 is 0 Å². The van der Waals surface area contributed by atoms with Crippen molar-refractivity contribution in [2.45, 2.75) is 19.4 Å². The molecule has 7 heteroatoms. The summed E-state index contributed by atoms with van der Waals surface area (Å²) in [6.07, 6.45) is 1.33. The molecule has 0 unspecified atom stereocenters. The summed E-state index contributed by atoms with van der Waals surface area (Å²) < 4.78 is 24.6. The van der Waals surface area contributed by atoms with Gasteiger partial charge in [0, 0.05) is 5.02 Å². The van der Waals surface area contributed by atoms with Crippen molar-refractivity contribution in [3.8, 4) is 0 Å². The summed E-state index contributed by atoms with van der Waals surface area (Å²) in [5.74, 6) is -0.683. The molecule has 0 aromatic heterocycles. The Morgan fingerprint density at radius 3 is 2.22 bits per heavy atom. The van der Waals surface area contributed by atoms with E-state index >= 15 is 0 Å². The molecule has 0 aliphatic carbocycles. The van der Waals surface area contributed by atoms with E-state index in [0.717, 1.165) is 10.6 Å². The summed E-state index contributed by atoms with van der Waals surface area (Å²) in [5, 5.41) is 0.485. The third kappa shape index (κ3) is 3.36. The Balaban J connectivity index is 3.30. The molecule has 100 valence electrons. The van der Waals surface area contributed by atoms with Gasteiger partial charge in [-0.25, -0.2) is 8.42 Å². The Labute approximate surface area is 112 Å². The van der Waals surface area contributed by atoms with Crippen LogP contribution in [-0.4, -0.2) is 26.6 Å². The highest BCUT2D eigenvalue weighted by Crippen LogP contribution is 2.23. The van der Waals surface area contributed by atoms with Gasteiger partial charge in [0.2, 0.25) is 15.9 Å². The minimum absolute atomic E-state index is 0.297. The zero-order chi connectivity index (χ0) is 13.9. The second-order valence-electron chi connectivity index (χ2n) is 3.86. The van der Waals surface area contributed by atoms with Crippen molar-refractivity contribution in [3.05, 3.63) is 29.3 Å². The largest absolute Gasteiger partial charge is 0.368 e. The number of rotatable bonds is 5. The van der Waals surface area contributed by atoms with Crippen molar-refractivity contribution < 1.29 is 13.2 Å². The quantitative estimate of drug-likeness (QED) is 0.889. The molecule has 1 rings (SSSR count). The van der Waals surface area contributed by atoms with Gasteiger partial charge in [-0.2, -0.15) is 0 Å². The van der Waals surface area contributed by atoms with Gasteiger partial charge in [-0.15, -0.1) is 0 Å². The molecule has 0 spiro atoms. The average molecular weight is 291 g/mol. The van der Waals surface area contributed by atoms with Gasteiger partial charge in [0.1, 0.15) is 6.04 Å². The minimum atomic E-state index is -3.60. The Morgan fingerprint density at radius 2 is 1.89 bits per heavy atom. The zero-order valence-corrected chi connectivity index (χ0v) is 11.7. The molecule has 1 aromatic carbocycles. The second-order valence-corrected chi connectivity index (χ2v) is 6.16. The lowest BCUT2D eigenvalue weighted by Crippen LogP contribution is -2.47. The first kappa shape index (κ1) is 14.8. The summed E-state index contributed by atoms with van der Waals surface area (Å²) in [5.41, 5.74) is 5.61. The van der Waals surface area contributed by atoms with Crippen molar-refractivity contribution in [1.29, 1.82) is 0 Å². The van der Waals surface area contributed by atoms with Crippen LogP contribution in [0, 0.1) is 0 Å². The molecule has 5 nitrogen and oxygen atoms in total. The second kappa shape index (κ2) is 5.58. The number of sulfonamides is 1. The maximum absolute atomic E-state index is 11.8. The molecule has 0 saturated heterocycles. The van der Waals surface area contributed by atoms with E-state index < -0.39 is 22.0 Å². The summed E-state index contributed by atoms with van der Waals surface area (Å²) in [7, 11) is -3.60. The van der Waals surface area contributed by atoms with E-state index in [1.54, 1.807) is 19.1 Å². The summed E-state index contributed by atoms with van der Waals surface area (Å²) in [6.45, 7) is 1.70. The van der Waals surface area contributed by atoms with E-state index in [2.05, 4.69) is 0 Å². The predicted molar refractivity (Wildman–Crippen MR) is 72.0 cm³/mol. The molecule has 18 heavy (non-hydrogen) atoms. The van der Waals surface area contributed by atoms with Crippen molar-refractivity contribution in [3.63, 3.8) is 0 Å². The number of primary amides is 1. The van der Waals surface area contributed by atoms with E-state index in [-0.39, 0.29) is 0 Å². The van der Waals surface area contributed by atoms with Crippen LogP contribution in [0.1, 0.15) is 13.3 Å². The Hall–Kier alpha value is -1.27. The standard InChI is InChI=1S/C11H15ClN2O3S/c1-3-10(11(13)15)14(18(2,16)17)9-6-4-8(12)5-7-9/h4-7,10H,3H2,1-2H3,(H2,13,15)/t10-/m1/s1. The molecule has 0 bridgehead atoms. The van der Waals surface area contributed by atoms with Crippen LogP contribution in [0.2, 0.25) is 5.02 Å². The molecule has 0 radical (unpaired) electrons. The Morgan fingerprint density at radius 1 is 1.39 bits per heavy atom. The summed E-state index contributed by atoms with van der Waals surface area (Å²) in [4.78, 5) is 11.3. The third-order valence-electron chi connectivity index (χ3n) is 2.44. The highest BCUT2D eigenvalue weighted by Gasteiger charge is 2.29. The predicted octanol–water partition coefficient (Wildman–Crippen LogP) is 1.37. The maximum atomic E-state index is 11.8. The van der Waals surface area contributed by atoms with Crippen LogP contribution in [0.4, 0.5) is 5.69 Å². The number of nitrogens with zero attached hydrogens (tertiary/aromatic N) is 1. The highest BCUT2D eigenvalue weighted by molar-refractivity contribution is 7.92. The van der Waals surface area contributed by atoms with Gasteiger partial charge in [-0.05, 0) is 30.7 Å². The molecule has 2 N–H and O–H groups in total. The van der Waals surface area contributed by atoms with Crippen molar-refractivity contribution in [2.75, 3.05) is 10.6 Å². The first-order valence-electron chi connectivity index (χ1n) is 5.31. The van der Waals surface area contributed by atoms with Crippen LogP contribution >= 0.6 is 11.6 Å². The lowest BCUT2D eigenvalue weighted by molar-refractivity contribution is -0.119. The van der Waals surface area contributed by atoms with Gasteiger partial charge < -0.3 is 5.73 Å². The summed E-state index contributed by atoms with van der Waals surface area (Å²) in [6, 6.07) is 5.29. The smallest absolute Gasteiger partial charge is 0.241 e. The Bertz CT molecular complexity index is 528. The number of hydrogen-bond acceptors (Lipinski definition) is 3. The fourth-order valence-corrected chi connectivity index (χ4v) is 3.02. The number of amides is 1. The van der Waals surface area contributed by atoms with Gasteiger partial charge in [-0.3, -0.25) is 9.10 Å². The van der Waals surface area contributed by atoms with Gasteiger partial charge in [0.05, 0.1) is 11.9 Å². The topological polar surface area (TPSA) is 80.5 Å².